The van der Waals surface area contributed by atoms with E-state index in [2.05, 4.69) is 34.1 Å². The summed E-state index contributed by atoms with van der Waals surface area (Å²) in [6.07, 6.45) is 4.90. The van der Waals surface area contributed by atoms with Crippen molar-refractivity contribution in [3.8, 4) is 0 Å². The molecule has 1 aliphatic rings. The number of hydrogen-bond donors (Lipinski definition) is 1. The number of pyridine rings is 1. The van der Waals surface area contributed by atoms with Gasteiger partial charge in [-0.05, 0) is 49.7 Å². The van der Waals surface area contributed by atoms with Crippen LogP contribution < -0.4 is 5.32 Å². The Hall–Kier alpha value is -1.95. The number of rotatable bonds is 7. The summed E-state index contributed by atoms with van der Waals surface area (Å²) < 4.78 is 0. The van der Waals surface area contributed by atoms with Crippen LogP contribution in [0.5, 0.6) is 0 Å². The van der Waals surface area contributed by atoms with E-state index in [1.807, 2.05) is 36.4 Å². The van der Waals surface area contributed by atoms with E-state index < -0.39 is 0 Å². The lowest BCUT2D eigenvalue weighted by atomic mass is 9.99. The van der Waals surface area contributed by atoms with Gasteiger partial charge in [0.05, 0.1) is 6.04 Å². The van der Waals surface area contributed by atoms with Crippen molar-refractivity contribution in [3.05, 3.63) is 64.9 Å². The SMILES string of the molecule is C[C@H](CCC(=O)N[C@H](c1ccc(Cl)cc1)c1cccnc1)N1CCN(C)CC1. The maximum absolute atomic E-state index is 12.7. The summed E-state index contributed by atoms with van der Waals surface area (Å²) >= 11 is 6.03. The first-order valence-electron chi connectivity index (χ1n) is 9.90. The molecule has 1 aromatic carbocycles. The van der Waals surface area contributed by atoms with Crippen molar-refractivity contribution in [1.29, 1.82) is 0 Å². The van der Waals surface area contributed by atoms with Crippen LogP contribution in [0.2, 0.25) is 5.02 Å². The minimum Gasteiger partial charge on any atom is -0.345 e. The smallest absolute Gasteiger partial charge is 0.220 e. The quantitative estimate of drug-likeness (QED) is 0.774. The lowest BCUT2D eigenvalue weighted by Crippen LogP contribution is -2.48. The molecule has 1 aliphatic heterocycles. The van der Waals surface area contributed by atoms with Gasteiger partial charge in [-0.25, -0.2) is 0 Å². The van der Waals surface area contributed by atoms with Crippen LogP contribution >= 0.6 is 11.6 Å². The van der Waals surface area contributed by atoms with E-state index in [1.54, 1.807) is 12.4 Å². The highest BCUT2D eigenvalue weighted by Crippen LogP contribution is 2.23. The molecule has 1 aromatic heterocycles. The van der Waals surface area contributed by atoms with Crippen molar-refractivity contribution in [1.82, 2.24) is 20.1 Å². The standard InChI is InChI=1S/C22H29ClN4O/c1-17(27-14-12-26(2)13-15-27)5-10-21(28)25-22(19-4-3-11-24-16-19)18-6-8-20(23)9-7-18/h3-4,6-9,11,16-17,22H,5,10,12-15H2,1-2H3,(H,25,28)/t17-,22-/m1/s1. The Labute approximate surface area is 172 Å². The van der Waals surface area contributed by atoms with Gasteiger partial charge in [-0.2, -0.15) is 0 Å². The molecule has 0 saturated carbocycles. The summed E-state index contributed by atoms with van der Waals surface area (Å²) in [5.41, 5.74) is 1.96. The molecule has 3 rings (SSSR count). The number of amides is 1. The van der Waals surface area contributed by atoms with Crippen LogP contribution in [0.4, 0.5) is 0 Å². The number of nitrogens with one attached hydrogen (secondary N) is 1. The molecule has 0 radical (unpaired) electrons. The molecule has 0 unspecified atom stereocenters. The first-order valence-corrected chi connectivity index (χ1v) is 10.3. The van der Waals surface area contributed by atoms with Gasteiger partial charge in [0.15, 0.2) is 0 Å². The lowest BCUT2D eigenvalue weighted by molar-refractivity contribution is -0.122. The number of likely N-dealkylation sites (N-methyl/N-ethyl adjacent to an activating group) is 1. The van der Waals surface area contributed by atoms with Crippen LogP contribution in [0.1, 0.15) is 36.9 Å². The number of aromatic nitrogens is 1. The van der Waals surface area contributed by atoms with Crippen LogP contribution in [0.15, 0.2) is 48.8 Å². The minimum absolute atomic E-state index is 0.0600. The maximum atomic E-state index is 12.7. The Morgan fingerprint density at radius 2 is 1.86 bits per heavy atom. The number of nitrogens with zero attached hydrogens (tertiary/aromatic N) is 3. The monoisotopic (exact) mass is 400 g/mol. The van der Waals surface area contributed by atoms with E-state index in [4.69, 9.17) is 11.6 Å². The molecule has 0 bridgehead atoms. The zero-order valence-corrected chi connectivity index (χ0v) is 17.4. The molecule has 2 atom stereocenters. The number of carbonyl (C=O) groups excluding carboxylic acids is 1. The van der Waals surface area contributed by atoms with Crippen LogP contribution in [-0.4, -0.2) is 60.0 Å². The fourth-order valence-electron chi connectivity index (χ4n) is 3.58. The molecule has 1 amide bonds. The van der Waals surface area contributed by atoms with Gasteiger partial charge in [-0.15, -0.1) is 0 Å². The molecular formula is C22H29ClN4O. The molecule has 6 heteroatoms. The lowest BCUT2D eigenvalue weighted by Gasteiger charge is -2.36. The van der Waals surface area contributed by atoms with Gasteiger partial charge in [0, 0.05) is 56.1 Å². The summed E-state index contributed by atoms with van der Waals surface area (Å²) in [6, 6.07) is 11.7. The highest BCUT2D eigenvalue weighted by atomic mass is 35.5. The normalized spacial score (nSPS) is 17.8. The molecule has 1 saturated heterocycles. The molecule has 2 aromatic rings. The molecule has 0 aliphatic carbocycles. The van der Waals surface area contributed by atoms with Gasteiger partial charge in [0.2, 0.25) is 5.91 Å². The summed E-state index contributed by atoms with van der Waals surface area (Å²) in [5.74, 6) is 0.0600. The zero-order valence-electron chi connectivity index (χ0n) is 16.6. The van der Waals surface area contributed by atoms with Gasteiger partial charge >= 0.3 is 0 Å². The van der Waals surface area contributed by atoms with E-state index in [-0.39, 0.29) is 11.9 Å². The summed E-state index contributed by atoms with van der Waals surface area (Å²) in [7, 11) is 2.16. The Morgan fingerprint density at radius 3 is 2.50 bits per heavy atom. The fourth-order valence-corrected chi connectivity index (χ4v) is 3.71. The van der Waals surface area contributed by atoms with Gasteiger partial charge in [0.25, 0.3) is 0 Å². The van der Waals surface area contributed by atoms with E-state index in [0.717, 1.165) is 43.7 Å². The Balaban J connectivity index is 1.60. The van der Waals surface area contributed by atoms with E-state index in [0.29, 0.717) is 17.5 Å². The molecule has 1 N–H and O–H groups in total. The van der Waals surface area contributed by atoms with Crippen molar-refractivity contribution in [3.63, 3.8) is 0 Å². The second-order valence-corrected chi connectivity index (χ2v) is 8.00. The summed E-state index contributed by atoms with van der Waals surface area (Å²) in [5, 5.41) is 3.87. The van der Waals surface area contributed by atoms with Gasteiger partial charge in [0.1, 0.15) is 0 Å². The number of piperazine rings is 1. The first-order chi connectivity index (χ1) is 13.5. The highest BCUT2D eigenvalue weighted by Gasteiger charge is 2.21. The van der Waals surface area contributed by atoms with Crippen LogP contribution in [-0.2, 0) is 4.79 Å². The van der Waals surface area contributed by atoms with E-state index >= 15 is 0 Å². The molecule has 150 valence electrons. The second-order valence-electron chi connectivity index (χ2n) is 7.57. The van der Waals surface area contributed by atoms with Crippen LogP contribution in [0.25, 0.3) is 0 Å². The average molecular weight is 401 g/mol. The predicted molar refractivity (Wildman–Crippen MR) is 113 cm³/mol. The van der Waals surface area contributed by atoms with Crippen molar-refractivity contribution in [2.75, 3.05) is 33.2 Å². The largest absolute Gasteiger partial charge is 0.345 e. The number of halogens is 1. The summed E-state index contributed by atoms with van der Waals surface area (Å²) in [6.45, 7) is 6.55. The van der Waals surface area contributed by atoms with Crippen molar-refractivity contribution in [2.45, 2.75) is 31.8 Å². The molecule has 0 spiro atoms. The third-order valence-corrected chi connectivity index (χ3v) is 5.73. The van der Waals surface area contributed by atoms with E-state index in [9.17, 15) is 4.79 Å². The van der Waals surface area contributed by atoms with Crippen LogP contribution in [0, 0.1) is 0 Å². The first kappa shape index (κ1) is 20.8. The molecule has 1 fully saturated rings. The number of carbonyl (C=O) groups is 1. The van der Waals surface area contributed by atoms with Gasteiger partial charge < -0.3 is 10.2 Å². The second kappa shape index (κ2) is 10.0. The molecule has 5 nitrogen and oxygen atoms in total. The minimum atomic E-state index is -0.225. The van der Waals surface area contributed by atoms with Crippen LogP contribution in [0.3, 0.4) is 0 Å². The third kappa shape index (κ3) is 5.77. The van der Waals surface area contributed by atoms with E-state index in [1.165, 1.54) is 0 Å². The average Bonchev–Trinajstić information content (AvgIpc) is 2.72. The molecular weight excluding hydrogens is 372 g/mol. The maximum Gasteiger partial charge on any atom is 0.220 e. The zero-order chi connectivity index (χ0) is 19.9. The van der Waals surface area contributed by atoms with Gasteiger partial charge in [-0.3, -0.25) is 14.7 Å². The highest BCUT2D eigenvalue weighted by molar-refractivity contribution is 6.30. The fraction of sp³-hybridized carbons (Fsp3) is 0.455. The van der Waals surface area contributed by atoms with Crippen molar-refractivity contribution >= 4 is 17.5 Å². The summed E-state index contributed by atoms with van der Waals surface area (Å²) in [4.78, 5) is 21.8. The Morgan fingerprint density at radius 1 is 1.14 bits per heavy atom. The van der Waals surface area contributed by atoms with Crippen molar-refractivity contribution in [2.24, 2.45) is 0 Å². The topological polar surface area (TPSA) is 48.5 Å². The Kier molecular flexibility index (Phi) is 7.43. The molecule has 28 heavy (non-hydrogen) atoms. The van der Waals surface area contributed by atoms with Gasteiger partial charge in [-0.1, -0.05) is 29.8 Å². The van der Waals surface area contributed by atoms with Crippen molar-refractivity contribution < 1.29 is 4.79 Å². The molecule has 2 heterocycles. The third-order valence-electron chi connectivity index (χ3n) is 5.48. The number of hydrogen-bond acceptors (Lipinski definition) is 4. The Bertz CT molecular complexity index is 745. The number of benzene rings is 1. The predicted octanol–water partition coefficient (Wildman–Crippen LogP) is 3.36.